The van der Waals surface area contributed by atoms with E-state index in [4.69, 9.17) is 4.74 Å². The molecule has 0 bridgehead atoms. The maximum Gasteiger partial charge on any atom is 0.329 e. The number of amides is 3. The molecule has 4 rings (SSSR count). The zero-order chi connectivity index (χ0) is 21.8. The van der Waals surface area contributed by atoms with Crippen molar-refractivity contribution >= 4 is 28.3 Å². The molecule has 7 nitrogen and oxygen atoms in total. The molecule has 2 fully saturated rings. The largest absolute Gasteiger partial charge is 0.490 e. The molecular weight excluding hydrogens is 419 g/mol. The highest BCUT2D eigenvalue weighted by atomic mass is 32.1. The van der Waals surface area contributed by atoms with Gasteiger partial charge in [-0.2, -0.15) is 0 Å². The second kappa shape index (κ2) is 9.74. The number of halogens is 1. The smallest absolute Gasteiger partial charge is 0.329 e. The topological polar surface area (TPSA) is 83.6 Å². The number of aromatic nitrogens is 1. The highest BCUT2D eigenvalue weighted by Crippen LogP contribution is 2.31. The summed E-state index contributed by atoms with van der Waals surface area (Å²) >= 11 is 1.44. The molecule has 1 atom stereocenters. The van der Waals surface area contributed by atoms with Crippen LogP contribution in [0.3, 0.4) is 0 Å². The Morgan fingerprint density at radius 3 is 2.94 bits per heavy atom. The van der Waals surface area contributed by atoms with Gasteiger partial charge in [0.25, 0.3) is 0 Å². The number of nitrogens with zero attached hydrogens (tertiary/aromatic N) is 2. The van der Waals surface area contributed by atoms with E-state index in [9.17, 15) is 14.0 Å². The van der Waals surface area contributed by atoms with Gasteiger partial charge in [-0.1, -0.05) is 6.07 Å². The number of nitrogens with one attached hydrogen (secondary N) is 2. The van der Waals surface area contributed by atoms with Gasteiger partial charge in [-0.25, -0.2) is 14.2 Å². The molecule has 3 amide bonds. The lowest BCUT2D eigenvalue weighted by Gasteiger charge is -2.16. The summed E-state index contributed by atoms with van der Waals surface area (Å²) < 4.78 is 19.6. The Bertz CT molecular complexity index is 947. The fraction of sp³-hybridized carbons (Fsp3) is 0.500. The number of carbonyl (C=O) groups is 2. The van der Waals surface area contributed by atoms with Gasteiger partial charge in [-0.15, -0.1) is 11.3 Å². The monoisotopic (exact) mass is 446 g/mol. The average Bonchev–Trinajstić information content (AvgIpc) is 3.36. The van der Waals surface area contributed by atoms with Crippen molar-refractivity contribution in [1.29, 1.82) is 0 Å². The fourth-order valence-electron chi connectivity index (χ4n) is 3.39. The van der Waals surface area contributed by atoms with Gasteiger partial charge in [-0.05, 0) is 69.2 Å². The van der Waals surface area contributed by atoms with Crippen LogP contribution in [-0.4, -0.2) is 36.6 Å². The van der Waals surface area contributed by atoms with E-state index in [0.717, 1.165) is 36.4 Å². The van der Waals surface area contributed by atoms with E-state index >= 15 is 0 Å². The van der Waals surface area contributed by atoms with Crippen molar-refractivity contribution in [2.75, 3.05) is 24.6 Å². The first-order valence-electron chi connectivity index (χ1n) is 10.7. The van der Waals surface area contributed by atoms with Gasteiger partial charge in [0.2, 0.25) is 5.91 Å². The van der Waals surface area contributed by atoms with Crippen LogP contribution < -0.4 is 20.3 Å². The SMILES string of the molecule is C[C@@H](NCCCCc1ncc(N2CC(=O)NC2=O)s1)c1ccc(F)c(OCC2CC2)c1. The Kier molecular flexibility index (Phi) is 6.82. The first kappa shape index (κ1) is 21.7. The second-order valence-corrected chi connectivity index (χ2v) is 9.20. The van der Waals surface area contributed by atoms with Gasteiger partial charge in [0.1, 0.15) is 11.5 Å². The van der Waals surface area contributed by atoms with E-state index in [1.54, 1.807) is 18.3 Å². The zero-order valence-corrected chi connectivity index (χ0v) is 18.3. The number of benzene rings is 1. The van der Waals surface area contributed by atoms with E-state index in [1.165, 1.54) is 35.1 Å². The molecule has 31 heavy (non-hydrogen) atoms. The molecule has 2 heterocycles. The summed E-state index contributed by atoms with van der Waals surface area (Å²) in [5.74, 6) is 0.326. The number of urea groups is 1. The lowest BCUT2D eigenvalue weighted by molar-refractivity contribution is -0.117. The molecule has 0 spiro atoms. The first-order chi connectivity index (χ1) is 15.0. The van der Waals surface area contributed by atoms with E-state index in [1.807, 2.05) is 0 Å². The molecule has 1 aliphatic heterocycles. The summed E-state index contributed by atoms with van der Waals surface area (Å²) in [6, 6.07) is 4.78. The summed E-state index contributed by atoms with van der Waals surface area (Å²) in [4.78, 5) is 28.8. The van der Waals surface area contributed by atoms with Crippen LogP contribution in [0.2, 0.25) is 0 Å². The molecule has 1 aromatic carbocycles. The molecule has 9 heteroatoms. The first-order valence-corrected chi connectivity index (χ1v) is 11.5. The van der Waals surface area contributed by atoms with Crippen molar-refractivity contribution in [3.05, 3.63) is 40.8 Å². The lowest BCUT2D eigenvalue weighted by Crippen LogP contribution is -2.27. The average molecular weight is 447 g/mol. The summed E-state index contributed by atoms with van der Waals surface area (Å²) in [7, 11) is 0. The maximum atomic E-state index is 14.0. The molecule has 2 aliphatic rings. The van der Waals surface area contributed by atoms with Gasteiger partial charge in [0, 0.05) is 6.04 Å². The predicted octanol–water partition coefficient (Wildman–Crippen LogP) is 3.80. The summed E-state index contributed by atoms with van der Waals surface area (Å²) in [5, 5.41) is 7.39. The highest BCUT2D eigenvalue weighted by Gasteiger charge is 2.29. The van der Waals surface area contributed by atoms with Gasteiger partial charge in [0.15, 0.2) is 11.6 Å². The zero-order valence-electron chi connectivity index (χ0n) is 17.5. The Hall–Kier alpha value is -2.52. The van der Waals surface area contributed by atoms with Crippen molar-refractivity contribution in [2.24, 2.45) is 5.92 Å². The van der Waals surface area contributed by atoms with Crippen LogP contribution >= 0.6 is 11.3 Å². The van der Waals surface area contributed by atoms with Gasteiger partial charge >= 0.3 is 6.03 Å². The minimum atomic E-state index is -0.389. The molecule has 1 aromatic heterocycles. The lowest BCUT2D eigenvalue weighted by atomic mass is 10.1. The normalized spacial score (nSPS) is 17.2. The van der Waals surface area contributed by atoms with Crippen molar-refractivity contribution in [1.82, 2.24) is 15.6 Å². The van der Waals surface area contributed by atoms with Crippen LogP contribution in [0.4, 0.5) is 14.2 Å². The standard InChI is InChI=1S/C22H27FN4O3S/c1-14(16-7-8-17(23)18(10-16)30-13-15-5-6-15)24-9-3-2-4-20-25-11-21(31-20)27-12-19(28)26-22(27)29/h7-8,10-11,14-15,24H,2-6,9,12-13H2,1H3,(H,26,28,29)/t14-/m1/s1. The maximum absolute atomic E-state index is 14.0. The summed E-state index contributed by atoms with van der Waals surface area (Å²) in [5.41, 5.74) is 1.01. The Balaban J connectivity index is 1.18. The molecule has 1 aliphatic carbocycles. The van der Waals surface area contributed by atoms with E-state index in [-0.39, 0.29) is 30.3 Å². The van der Waals surface area contributed by atoms with E-state index in [0.29, 0.717) is 23.3 Å². The van der Waals surface area contributed by atoms with Crippen molar-refractivity contribution in [2.45, 2.75) is 45.1 Å². The van der Waals surface area contributed by atoms with E-state index < -0.39 is 0 Å². The van der Waals surface area contributed by atoms with Crippen LogP contribution in [-0.2, 0) is 11.2 Å². The van der Waals surface area contributed by atoms with Crippen molar-refractivity contribution < 1.29 is 18.7 Å². The Morgan fingerprint density at radius 1 is 1.35 bits per heavy atom. The molecule has 2 aromatic rings. The van der Waals surface area contributed by atoms with Crippen LogP contribution in [0.1, 0.15) is 49.2 Å². The number of ether oxygens (including phenoxy) is 1. The minimum absolute atomic E-state index is 0.0546. The number of aryl methyl sites for hydroxylation is 1. The minimum Gasteiger partial charge on any atom is -0.490 e. The Morgan fingerprint density at radius 2 is 2.19 bits per heavy atom. The van der Waals surface area contributed by atoms with Crippen LogP contribution in [0.15, 0.2) is 24.4 Å². The number of unbranched alkanes of at least 4 members (excludes halogenated alkanes) is 1. The second-order valence-electron chi connectivity index (χ2n) is 8.11. The predicted molar refractivity (Wildman–Crippen MR) is 117 cm³/mol. The van der Waals surface area contributed by atoms with Gasteiger partial charge < -0.3 is 10.1 Å². The number of anilines is 1. The summed E-state index contributed by atoms with van der Waals surface area (Å²) in [6.07, 6.45) is 6.74. The van der Waals surface area contributed by atoms with E-state index in [2.05, 4.69) is 22.5 Å². The number of rotatable bonds is 11. The molecule has 1 saturated heterocycles. The third-order valence-electron chi connectivity index (χ3n) is 5.50. The molecule has 166 valence electrons. The van der Waals surface area contributed by atoms with Crippen molar-refractivity contribution in [3.63, 3.8) is 0 Å². The number of thiazole rings is 1. The number of imide groups is 1. The molecule has 0 unspecified atom stereocenters. The quantitative estimate of drug-likeness (QED) is 0.405. The third kappa shape index (κ3) is 5.80. The van der Waals surface area contributed by atoms with Gasteiger partial charge in [-0.3, -0.25) is 15.0 Å². The Labute approximate surface area is 185 Å². The number of hydrogen-bond acceptors (Lipinski definition) is 6. The molecular formula is C22H27FN4O3S. The fourth-order valence-corrected chi connectivity index (χ4v) is 4.35. The molecule has 2 N–H and O–H groups in total. The van der Waals surface area contributed by atoms with Crippen LogP contribution in [0, 0.1) is 11.7 Å². The van der Waals surface area contributed by atoms with Gasteiger partial charge in [0.05, 0.1) is 17.8 Å². The number of hydrogen-bond donors (Lipinski definition) is 2. The molecule has 0 radical (unpaired) electrons. The molecule has 1 saturated carbocycles. The summed E-state index contributed by atoms with van der Waals surface area (Å²) in [6.45, 7) is 3.55. The third-order valence-corrected chi connectivity index (χ3v) is 6.58. The number of carbonyl (C=O) groups excluding carboxylic acids is 2. The van der Waals surface area contributed by atoms with Crippen molar-refractivity contribution in [3.8, 4) is 5.75 Å². The van der Waals surface area contributed by atoms with Crippen LogP contribution in [0.5, 0.6) is 5.75 Å². The highest BCUT2D eigenvalue weighted by molar-refractivity contribution is 7.15. The van der Waals surface area contributed by atoms with Crippen LogP contribution in [0.25, 0.3) is 0 Å².